The molecule has 3 aromatic rings. The van der Waals surface area contributed by atoms with Crippen molar-refractivity contribution < 1.29 is 22.5 Å². The van der Waals surface area contributed by atoms with Gasteiger partial charge in [-0.1, -0.05) is 11.8 Å². The van der Waals surface area contributed by atoms with Gasteiger partial charge < -0.3 is 9.64 Å². The number of thiazole rings is 1. The Morgan fingerprint density at radius 1 is 1.11 bits per heavy atom. The molecule has 3 heterocycles. The summed E-state index contributed by atoms with van der Waals surface area (Å²) in [5.41, 5.74) is 1.81. The highest BCUT2D eigenvalue weighted by Gasteiger charge is 2.32. The third kappa shape index (κ3) is 4.17. The zero-order chi connectivity index (χ0) is 26.6. The molecule has 2 aliphatic rings. The number of amides is 1. The Hall–Kier alpha value is -3.39. The van der Waals surface area contributed by atoms with Crippen molar-refractivity contribution in [2.75, 3.05) is 24.1 Å². The number of fused-ring (bicyclic) bond motifs is 1. The van der Waals surface area contributed by atoms with Gasteiger partial charge in [-0.25, -0.2) is 0 Å². The van der Waals surface area contributed by atoms with Crippen molar-refractivity contribution in [2.24, 2.45) is 5.10 Å². The van der Waals surface area contributed by atoms with Crippen LogP contribution in [-0.4, -0.2) is 43.3 Å². The van der Waals surface area contributed by atoms with Crippen LogP contribution in [0.25, 0.3) is 10.6 Å². The molecule has 13 heteroatoms. The fourth-order valence-corrected chi connectivity index (χ4v) is 7.22. The van der Waals surface area contributed by atoms with Gasteiger partial charge in [0, 0.05) is 24.6 Å². The Morgan fingerprint density at radius 2 is 1.81 bits per heavy atom. The predicted molar refractivity (Wildman–Crippen MR) is 144 cm³/mol. The lowest BCUT2D eigenvalue weighted by Crippen LogP contribution is -2.35. The van der Waals surface area contributed by atoms with E-state index in [1.807, 2.05) is 37.1 Å². The average Bonchev–Trinajstić information content (AvgIpc) is 3.47. The molecule has 10 nitrogen and oxygen atoms in total. The van der Waals surface area contributed by atoms with Gasteiger partial charge in [-0.3, -0.25) is 18.7 Å². The molecule has 0 bridgehead atoms. The number of methoxy groups -OCH3 is 1. The highest BCUT2D eigenvalue weighted by Crippen LogP contribution is 2.46. The number of hydrogen-bond acceptors (Lipinski definition) is 9. The van der Waals surface area contributed by atoms with E-state index in [4.69, 9.17) is 4.74 Å². The molecule has 37 heavy (non-hydrogen) atoms. The Kier molecular flexibility index (Phi) is 6.26. The van der Waals surface area contributed by atoms with E-state index in [0.29, 0.717) is 38.5 Å². The van der Waals surface area contributed by atoms with Gasteiger partial charge in [-0.15, -0.1) is 11.3 Å². The van der Waals surface area contributed by atoms with E-state index in [2.05, 4.69) is 5.10 Å². The topological polar surface area (TPSA) is 122 Å². The van der Waals surface area contributed by atoms with Crippen molar-refractivity contribution >= 4 is 66.8 Å². The number of hydrazone groups is 1. The van der Waals surface area contributed by atoms with Crippen LogP contribution in [0.4, 0.5) is 11.4 Å². The van der Waals surface area contributed by atoms with E-state index in [0.717, 1.165) is 20.6 Å². The summed E-state index contributed by atoms with van der Waals surface area (Å²) in [6.45, 7) is 3.89. The SMILES string of the molecule is CCn1c(=C2C(=O)N(c3ccc(S(=O)(=O)O)cc3)N=C2C)sc(=C2Sc3ccc(OC)cc3N2C)c1=O. The molecule has 1 aromatic heterocycles. The first kappa shape index (κ1) is 25.3. The first-order valence-corrected chi connectivity index (χ1v) is 14.2. The molecule has 1 amide bonds. The maximum Gasteiger partial charge on any atom is 0.294 e. The van der Waals surface area contributed by atoms with E-state index in [-0.39, 0.29) is 10.5 Å². The van der Waals surface area contributed by atoms with Crippen LogP contribution in [-0.2, 0) is 21.5 Å². The number of hydrogen-bond donors (Lipinski definition) is 1. The molecular formula is C24H22N4O6S3. The fraction of sp³-hybridized carbons (Fsp3) is 0.208. The highest BCUT2D eigenvalue weighted by atomic mass is 32.2. The van der Waals surface area contributed by atoms with Crippen LogP contribution < -0.4 is 29.4 Å². The lowest BCUT2D eigenvalue weighted by molar-refractivity contribution is -0.112. The standard InChI is InChI=1S/C24H22N4O6S3/c1-5-27-22(30)20(24-26(3)17-12-15(34-4)8-11-18(17)35-24)36-23(27)19-13(2)25-28(21(19)29)14-6-9-16(10-7-14)37(31,32)33/h6-12H,5H2,1-4H3,(H,31,32,33). The third-order valence-electron chi connectivity index (χ3n) is 6.04. The minimum Gasteiger partial charge on any atom is -0.497 e. The van der Waals surface area contributed by atoms with Crippen molar-refractivity contribution in [2.45, 2.75) is 30.2 Å². The van der Waals surface area contributed by atoms with Crippen LogP contribution in [0.5, 0.6) is 5.75 Å². The van der Waals surface area contributed by atoms with Crippen LogP contribution in [0.1, 0.15) is 13.8 Å². The lowest BCUT2D eigenvalue weighted by Gasteiger charge is -2.13. The van der Waals surface area contributed by atoms with Crippen LogP contribution in [0.2, 0.25) is 0 Å². The number of nitrogens with zero attached hydrogens (tertiary/aromatic N) is 4. The molecule has 0 atom stereocenters. The molecule has 0 saturated heterocycles. The van der Waals surface area contributed by atoms with Crippen molar-refractivity contribution in [3.63, 3.8) is 0 Å². The Labute approximate surface area is 220 Å². The summed E-state index contributed by atoms with van der Waals surface area (Å²) < 4.78 is 39.9. The minimum absolute atomic E-state index is 0.194. The van der Waals surface area contributed by atoms with Gasteiger partial charge in [0.2, 0.25) is 0 Å². The summed E-state index contributed by atoms with van der Waals surface area (Å²) in [4.78, 5) is 29.7. The first-order valence-electron chi connectivity index (χ1n) is 11.1. The molecule has 0 spiro atoms. The Morgan fingerprint density at radius 3 is 2.43 bits per heavy atom. The van der Waals surface area contributed by atoms with E-state index >= 15 is 0 Å². The number of carbonyl (C=O) groups excluding carboxylic acids is 1. The normalized spacial score (nSPS) is 18.4. The van der Waals surface area contributed by atoms with Crippen LogP contribution >= 0.6 is 23.1 Å². The Balaban J connectivity index is 1.64. The minimum atomic E-state index is -4.36. The quantitative estimate of drug-likeness (QED) is 0.483. The summed E-state index contributed by atoms with van der Waals surface area (Å²) in [5.74, 6) is 0.284. The van der Waals surface area contributed by atoms with Gasteiger partial charge in [0.25, 0.3) is 21.6 Å². The summed E-state index contributed by atoms with van der Waals surface area (Å²) in [5, 5.41) is 6.30. The lowest BCUT2D eigenvalue weighted by atomic mass is 10.2. The van der Waals surface area contributed by atoms with Crippen LogP contribution in [0.3, 0.4) is 0 Å². The second kappa shape index (κ2) is 9.17. The van der Waals surface area contributed by atoms with E-state index in [1.54, 1.807) is 18.6 Å². The van der Waals surface area contributed by atoms with E-state index in [1.165, 1.54) is 47.4 Å². The van der Waals surface area contributed by atoms with Gasteiger partial charge in [0.15, 0.2) is 0 Å². The number of ether oxygens (including phenoxy) is 1. The van der Waals surface area contributed by atoms with Crippen molar-refractivity contribution in [3.8, 4) is 5.75 Å². The number of thioether (sulfide) groups is 1. The second-order valence-corrected chi connectivity index (χ2v) is 11.7. The zero-order valence-electron chi connectivity index (χ0n) is 20.3. The number of benzene rings is 2. The molecule has 0 radical (unpaired) electrons. The maximum absolute atomic E-state index is 13.5. The van der Waals surface area contributed by atoms with Gasteiger partial charge in [0.1, 0.15) is 20.0 Å². The molecule has 0 unspecified atom stereocenters. The molecule has 0 saturated carbocycles. The molecule has 0 fully saturated rings. The monoisotopic (exact) mass is 558 g/mol. The van der Waals surface area contributed by atoms with E-state index in [9.17, 15) is 22.6 Å². The average molecular weight is 559 g/mol. The molecule has 0 aliphatic carbocycles. The predicted octanol–water partition coefficient (Wildman–Crippen LogP) is 2.07. The summed E-state index contributed by atoms with van der Waals surface area (Å²) >= 11 is 2.73. The summed E-state index contributed by atoms with van der Waals surface area (Å²) in [6, 6.07) is 10.9. The second-order valence-electron chi connectivity index (χ2n) is 8.23. The molecule has 192 valence electrons. The number of aromatic nitrogens is 1. The largest absolute Gasteiger partial charge is 0.497 e. The fourth-order valence-electron chi connectivity index (χ4n) is 4.16. The molecule has 2 aromatic carbocycles. The van der Waals surface area contributed by atoms with E-state index < -0.39 is 16.0 Å². The smallest absolute Gasteiger partial charge is 0.294 e. The molecule has 5 rings (SSSR count). The molecular weight excluding hydrogens is 536 g/mol. The maximum atomic E-state index is 13.5. The highest BCUT2D eigenvalue weighted by molar-refractivity contribution is 8.08. The number of rotatable bonds is 4. The number of anilines is 2. The molecule has 2 aliphatic heterocycles. The van der Waals surface area contributed by atoms with Crippen molar-refractivity contribution in [1.82, 2.24) is 4.57 Å². The number of carbonyl (C=O) groups is 1. The van der Waals surface area contributed by atoms with Crippen LogP contribution in [0, 0.1) is 0 Å². The molecule has 1 N–H and O–H groups in total. The van der Waals surface area contributed by atoms with Gasteiger partial charge in [-0.2, -0.15) is 18.5 Å². The zero-order valence-corrected chi connectivity index (χ0v) is 22.7. The van der Waals surface area contributed by atoms with Gasteiger partial charge >= 0.3 is 0 Å². The van der Waals surface area contributed by atoms with Crippen molar-refractivity contribution in [1.29, 1.82) is 0 Å². The summed E-state index contributed by atoms with van der Waals surface area (Å²) in [7, 11) is -0.872. The van der Waals surface area contributed by atoms with Gasteiger partial charge in [0.05, 0.1) is 34.7 Å². The first-order chi connectivity index (χ1) is 17.5. The Bertz CT molecular complexity index is 1770. The van der Waals surface area contributed by atoms with Crippen LogP contribution in [0.15, 0.2) is 62.2 Å². The third-order valence-corrected chi connectivity index (χ3v) is 9.47. The van der Waals surface area contributed by atoms with Gasteiger partial charge in [-0.05, 0) is 50.2 Å². The van der Waals surface area contributed by atoms with Crippen molar-refractivity contribution in [3.05, 3.63) is 62.0 Å². The summed E-state index contributed by atoms with van der Waals surface area (Å²) in [6.07, 6.45) is 0.